The first-order valence-electron chi connectivity index (χ1n) is 7.40. The molecule has 0 fully saturated rings. The van der Waals surface area contributed by atoms with Gasteiger partial charge in [-0.3, -0.25) is 15.2 Å². The van der Waals surface area contributed by atoms with Gasteiger partial charge in [-0.25, -0.2) is 0 Å². The van der Waals surface area contributed by atoms with Crippen molar-refractivity contribution in [3.05, 3.63) is 35.4 Å². The van der Waals surface area contributed by atoms with Crippen LogP contribution in [0.1, 0.15) is 42.4 Å². The summed E-state index contributed by atoms with van der Waals surface area (Å²) in [6.07, 6.45) is 0.246. The Labute approximate surface area is 140 Å². The van der Waals surface area contributed by atoms with Gasteiger partial charge in [0, 0.05) is 36.4 Å². The van der Waals surface area contributed by atoms with E-state index in [-0.39, 0.29) is 17.2 Å². The van der Waals surface area contributed by atoms with Crippen molar-refractivity contribution in [2.45, 2.75) is 26.5 Å². The van der Waals surface area contributed by atoms with Crippen molar-refractivity contribution in [3.8, 4) is 0 Å². The number of carbonyl (C=O) groups excluding carboxylic acids is 1. The van der Waals surface area contributed by atoms with Crippen LogP contribution in [0, 0.1) is 0 Å². The van der Waals surface area contributed by atoms with E-state index in [9.17, 15) is 4.79 Å². The lowest BCUT2D eigenvalue weighted by atomic mass is 10.0. The van der Waals surface area contributed by atoms with E-state index in [1.807, 2.05) is 38.1 Å². The Morgan fingerprint density at radius 1 is 1.52 bits per heavy atom. The van der Waals surface area contributed by atoms with E-state index < -0.39 is 0 Å². The van der Waals surface area contributed by atoms with Gasteiger partial charge in [0.05, 0.1) is 0 Å². The van der Waals surface area contributed by atoms with Crippen LogP contribution in [-0.4, -0.2) is 34.9 Å². The summed E-state index contributed by atoms with van der Waals surface area (Å²) in [5.41, 5.74) is 13.3. The summed E-state index contributed by atoms with van der Waals surface area (Å²) in [7, 11) is 0. The van der Waals surface area contributed by atoms with E-state index in [2.05, 4.69) is 16.0 Å². The fourth-order valence-corrected chi connectivity index (χ4v) is 2.32. The van der Waals surface area contributed by atoms with E-state index in [1.54, 1.807) is 5.01 Å². The summed E-state index contributed by atoms with van der Waals surface area (Å²) >= 11 is 4.70. The highest BCUT2D eigenvalue weighted by Gasteiger charge is 2.30. The number of benzene rings is 1. The number of nitrogens with two attached hydrogens (primary N) is 1. The number of rotatable bonds is 6. The molecule has 1 unspecified atom stereocenters. The van der Waals surface area contributed by atoms with E-state index in [4.69, 9.17) is 22.7 Å². The number of fused-ring (bicyclic) bond motifs is 1. The SMILES string of the molecule is CCOC1NN(CC/C(C)=N/NC(N)=S)C(=O)c2ccccc21. The Bertz CT molecular complexity index is 620. The van der Waals surface area contributed by atoms with Gasteiger partial charge in [-0.2, -0.15) is 10.5 Å². The molecule has 2 rings (SSSR count). The van der Waals surface area contributed by atoms with Gasteiger partial charge in [-0.1, -0.05) is 18.2 Å². The summed E-state index contributed by atoms with van der Waals surface area (Å²) in [5, 5.41) is 5.71. The van der Waals surface area contributed by atoms with Crippen molar-refractivity contribution in [2.24, 2.45) is 10.8 Å². The highest BCUT2D eigenvalue weighted by atomic mass is 32.1. The van der Waals surface area contributed by atoms with Crippen molar-refractivity contribution in [1.29, 1.82) is 0 Å². The molecular formula is C15H21N5O2S. The van der Waals surface area contributed by atoms with Crippen LogP contribution in [0.5, 0.6) is 0 Å². The molecule has 0 aromatic heterocycles. The number of thiocarbonyl (C=S) groups is 1. The second kappa shape index (κ2) is 8.00. The molecule has 1 aromatic carbocycles. The molecule has 1 atom stereocenters. The van der Waals surface area contributed by atoms with E-state index >= 15 is 0 Å². The Balaban J connectivity index is 2.07. The number of hydrazine groups is 1. The second-order valence-electron chi connectivity index (χ2n) is 5.08. The predicted molar refractivity (Wildman–Crippen MR) is 92.6 cm³/mol. The van der Waals surface area contributed by atoms with Crippen LogP contribution >= 0.6 is 12.2 Å². The fourth-order valence-electron chi connectivity index (χ4n) is 2.28. The van der Waals surface area contributed by atoms with Gasteiger partial charge in [0.1, 0.15) is 0 Å². The van der Waals surface area contributed by atoms with Crippen LogP contribution in [0.15, 0.2) is 29.4 Å². The van der Waals surface area contributed by atoms with Crippen molar-refractivity contribution in [2.75, 3.05) is 13.2 Å². The number of nitrogens with zero attached hydrogens (tertiary/aromatic N) is 2. The zero-order valence-corrected chi connectivity index (χ0v) is 14.0. The minimum Gasteiger partial charge on any atom is -0.375 e. The van der Waals surface area contributed by atoms with Gasteiger partial charge < -0.3 is 10.5 Å². The smallest absolute Gasteiger partial charge is 0.268 e. The molecule has 0 bridgehead atoms. The molecule has 0 aliphatic carbocycles. The third-order valence-corrected chi connectivity index (χ3v) is 3.47. The third-order valence-electron chi connectivity index (χ3n) is 3.38. The lowest BCUT2D eigenvalue weighted by Gasteiger charge is -2.35. The highest BCUT2D eigenvalue weighted by Crippen LogP contribution is 2.25. The number of hydrogen-bond donors (Lipinski definition) is 3. The molecule has 1 heterocycles. The van der Waals surface area contributed by atoms with Crippen molar-refractivity contribution in [3.63, 3.8) is 0 Å². The van der Waals surface area contributed by atoms with Crippen LogP contribution in [0.25, 0.3) is 0 Å². The maximum Gasteiger partial charge on any atom is 0.268 e. The average Bonchev–Trinajstić information content (AvgIpc) is 2.54. The molecule has 1 amide bonds. The monoisotopic (exact) mass is 335 g/mol. The summed E-state index contributed by atoms with van der Waals surface area (Å²) in [5.74, 6) is -0.0772. The zero-order valence-electron chi connectivity index (χ0n) is 13.2. The normalized spacial score (nSPS) is 17.8. The largest absolute Gasteiger partial charge is 0.375 e. The number of hydrazone groups is 1. The van der Waals surface area contributed by atoms with Crippen molar-refractivity contribution >= 4 is 28.9 Å². The first-order valence-corrected chi connectivity index (χ1v) is 7.81. The van der Waals surface area contributed by atoms with Crippen LogP contribution < -0.4 is 16.6 Å². The molecule has 124 valence electrons. The minimum absolute atomic E-state index is 0.0772. The Morgan fingerprint density at radius 3 is 2.96 bits per heavy atom. The number of ether oxygens (including phenoxy) is 1. The Hall–Kier alpha value is -2.03. The number of hydrogen-bond acceptors (Lipinski definition) is 5. The first kappa shape index (κ1) is 17.3. The maximum atomic E-state index is 12.6. The summed E-state index contributed by atoms with van der Waals surface area (Å²) < 4.78 is 5.69. The molecular weight excluding hydrogens is 314 g/mol. The van der Waals surface area contributed by atoms with Gasteiger partial charge in [-0.15, -0.1) is 0 Å². The average molecular weight is 335 g/mol. The van der Waals surface area contributed by atoms with E-state index in [0.717, 1.165) is 11.3 Å². The highest BCUT2D eigenvalue weighted by molar-refractivity contribution is 7.80. The predicted octanol–water partition coefficient (Wildman–Crippen LogP) is 1.28. The molecule has 1 aromatic rings. The molecule has 0 saturated heterocycles. The van der Waals surface area contributed by atoms with Crippen LogP contribution in [0.4, 0.5) is 0 Å². The lowest BCUT2D eigenvalue weighted by Crippen LogP contribution is -2.50. The second-order valence-corrected chi connectivity index (χ2v) is 5.52. The molecule has 23 heavy (non-hydrogen) atoms. The van der Waals surface area contributed by atoms with Gasteiger partial charge in [0.15, 0.2) is 11.3 Å². The van der Waals surface area contributed by atoms with Crippen molar-refractivity contribution < 1.29 is 9.53 Å². The lowest BCUT2D eigenvalue weighted by molar-refractivity contribution is -0.0250. The van der Waals surface area contributed by atoms with E-state index in [1.165, 1.54) is 0 Å². The third kappa shape index (κ3) is 4.47. The summed E-state index contributed by atoms with van der Waals surface area (Å²) in [4.78, 5) is 12.6. The molecule has 0 radical (unpaired) electrons. The standard InChI is InChI=1S/C15H21N5O2S/c1-3-22-13-11-6-4-5-7-12(11)14(21)20(19-13)9-8-10(2)17-18-15(16)23/h4-7,13,19H,3,8-9H2,1-2H3,(H3,16,18,23)/b17-10+. The quantitative estimate of drug-likeness (QED) is 0.412. The minimum atomic E-state index is -0.333. The zero-order chi connectivity index (χ0) is 16.8. The molecule has 8 heteroatoms. The summed E-state index contributed by atoms with van der Waals surface area (Å²) in [6, 6.07) is 7.46. The Kier molecular flexibility index (Phi) is 6.03. The molecule has 4 N–H and O–H groups in total. The van der Waals surface area contributed by atoms with Crippen molar-refractivity contribution in [1.82, 2.24) is 15.9 Å². The first-order chi connectivity index (χ1) is 11.0. The fraction of sp³-hybridized carbons (Fsp3) is 0.400. The molecule has 0 saturated carbocycles. The molecule has 1 aliphatic rings. The number of carbonyl (C=O) groups is 1. The maximum absolute atomic E-state index is 12.6. The van der Waals surface area contributed by atoms with Gasteiger partial charge in [0.25, 0.3) is 5.91 Å². The van der Waals surface area contributed by atoms with E-state index in [0.29, 0.717) is 25.1 Å². The number of nitrogens with one attached hydrogen (secondary N) is 2. The molecule has 0 spiro atoms. The van der Waals surface area contributed by atoms with Gasteiger partial charge in [0.2, 0.25) is 0 Å². The van der Waals surface area contributed by atoms with Crippen LogP contribution in [-0.2, 0) is 4.74 Å². The molecule has 1 aliphatic heterocycles. The van der Waals surface area contributed by atoms with Gasteiger partial charge >= 0.3 is 0 Å². The van der Waals surface area contributed by atoms with Gasteiger partial charge in [-0.05, 0) is 32.1 Å². The van der Waals surface area contributed by atoms with Crippen LogP contribution in [0.2, 0.25) is 0 Å². The topological polar surface area (TPSA) is 92.0 Å². The molecule has 7 nitrogen and oxygen atoms in total. The Morgan fingerprint density at radius 2 is 2.26 bits per heavy atom. The summed E-state index contributed by atoms with van der Waals surface area (Å²) in [6.45, 7) is 4.77. The number of amides is 1. The van der Waals surface area contributed by atoms with Crippen LogP contribution in [0.3, 0.4) is 0 Å².